The molecule has 0 aliphatic carbocycles. The Balaban J connectivity index is 0.00000133. The SMILES string of the molecule is Cc1cc(C)cc(-c2nccc3ccccc23)c1.[Ir]. The molecule has 0 fully saturated rings. The van der Waals surface area contributed by atoms with Crippen molar-refractivity contribution in [2.75, 3.05) is 0 Å². The van der Waals surface area contributed by atoms with E-state index >= 15 is 0 Å². The third-order valence-corrected chi connectivity index (χ3v) is 3.17. The van der Waals surface area contributed by atoms with E-state index in [0.29, 0.717) is 0 Å². The molecule has 0 atom stereocenters. The average Bonchev–Trinajstić information content (AvgIpc) is 2.37. The maximum absolute atomic E-state index is 4.56. The van der Waals surface area contributed by atoms with Crippen molar-refractivity contribution < 1.29 is 20.1 Å². The number of rotatable bonds is 1. The van der Waals surface area contributed by atoms with Crippen LogP contribution in [0.3, 0.4) is 0 Å². The Bertz CT molecular complexity index is 694. The molecule has 0 unspecified atom stereocenters. The van der Waals surface area contributed by atoms with E-state index in [1.165, 1.54) is 27.5 Å². The number of hydrogen-bond acceptors (Lipinski definition) is 1. The first-order chi connectivity index (χ1) is 8.74. The van der Waals surface area contributed by atoms with Gasteiger partial charge >= 0.3 is 0 Å². The second-order valence-corrected chi connectivity index (χ2v) is 4.76. The van der Waals surface area contributed by atoms with Crippen molar-refractivity contribution in [1.29, 1.82) is 0 Å². The van der Waals surface area contributed by atoms with Crippen LogP contribution in [0.4, 0.5) is 0 Å². The summed E-state index contributed by atoms with van der Waals surface area (Å²) in [7, 11) is 0. The molecule has 0 spiro atoms. The van der Waals surface area contributed by atoms with Gasteiger partial charge in [0.1, 0.15) is 0 Å². The van der Waals surface area contributed by atoms with Gasteiger partial charge < -0.3 is 0 Å². The molecule has 1 aromatic heterocycles. The van der Waals surface area contributed by atoms with E-state index in [9.17, 15) is 0 Å². The van der Waals surface area contributed by atoms with Gasteiger partial charge in [-0.2, -0.15) is 0 Å². The largest absolute Gasteiger partial charge is 0.256 e. The molecule has 0 aliphatic rings. The Labute approximate surface area is 127 Å². The molecular weight excluding hydrogens is 410 g/mol. The second-order valence-electron chi connectivity index (χ2n) is 4.76. The van der Waals surface area contributed by atoms with Crippen LogP contribution in [0, 0.1) is 13.8 Å². The standard InChI is InChI=1S/C17H15N.Ir/c1-12-9-13(2)11-15(10-12)17-16-6-4-3-5-14(16)7-8-18-17;/h3-11H,1-2H3;. The van der Waals surface area contributed by atoms with Crippen molar-refractivity contribution in [3.8, 4) is 11.3 Å². The van der Waals surface area contributed by atoms with Crippen LogP contribution in [0.25, 0.3) is 22.0 Å². The Morgan fingerprint density at radius 2 is 1.53 bits per heavy atom. The van der Waals surface area contributed by atoms with Crippen molar-refractivity contribution in [2.45, 2.75) is 13.8 Å². The maximum Gasteiger partial charge on any atom is 0.0780 e. The summed E-state index contributed by atoms with van der Waals surface area (Å²) in [6.07, 6.45) is 1.88. The summed E-state index contributed by atoms with van der Waals surface area (Å²) in [6, 6.07) is 17.0. The molecule has 0 saturated carbocycles. The molecule has 0 aliphatic heterocycles. The number of pyridine rings is 1. The van der Waals surface area contributed by atoms with E-state index in [1.54, 1.807) is 0 Å². The molecule has 1 radical (unpaired) electrons. The number of hydrogen-bond donors (Lipinski definition) is 0. The van der Waals surface area contributed by atoms with Crippen molar-refractivity contribution >= 4 is 10.8 Å². The molecule has 3 rings (SSSR count). The van der Waals surface area contributed by atoms with Crippen molar-refractivity contribution in [2.24, 2.45) is 0 Å². The maximum atomic E-state index is 4.56. The molecule has 0 amide bonds. The second kappa shape index (κ2) is 5.64. The van der Waals surface area contributed by atoms with Crippen LogP contribution in [0.15, 0.2) is 54.7 Å². The van der Waals surface area contributed by atoms with Gasteiger partial charge in [0, 0.05) is 37.3 Å². The summed E-state index contributed by atoms with van der Waals surface area (Å²) in [6.45, 7) is 4.25. The van der Waals surface area contributed by atoms with Crippen molar-refractivity contribution in [3.63, 3.8) is 0 Å². The van der Waals surface area contributed by atoms with Crippen LogP contribution in [-0.2, 0) is 20.1 Å². The fourth-order valence-electron chi connectivity index (χ4n) is 2.46. The summed E-state index contributed by atoms with van der Waals surface area (Å²) < 4.78 is 0. The zero-order chi connectivity index (χ0) is 12.5. The van der Waals surface area contributed by atoms with Crippen LogP contribution >= 0.6 is 0 Å². The molecule has 2 heteroatoms. The summed E-state index contributed by atoms with van der Waals surface area (Å²) in [5, 5.41) is 2.45. The number of benzene rings is 2. The minimum atomic E-state index is 0. The molecule has 0 bridgehead atoms. The van der Waals surface area contributed by atoms with E-state index in [0.717, 1.165) is 5.69 Å². The monoisotopic (exact) mass is 426 g/mol. The number of nitrogens with zero attached hydrogens (tertiary/aromatic N) is 1. The first-order valence-corrected chi connectivity index (χ1v) is 6.16. The van der Waals surface area contributed by atoms with Crippen molar-refractivity contribution in [3.05, 3.63) is 65.9 Å². The first-order valence-electron chi connectivity index (χ1n) is 6.16. The Morgan fingerprint density at radius 3 is 2.26 bits per heavy atom. The average molecular weight is 426 g/mol. The Kier molecular flexibility index (Phi) is 4.14. The molecule has 19 heavy (non-hydrogen) atoms. The molecule has 0 N–H and O–H groups in total. The van der Waals surface area contributed by atoms with E-state index in [-0.39, 0.29) is 20.1 Å². The van der Waals surface area contributed by atoms with Crippen LogP contribution in [-0.4, -0.2) is 4.98 Å². The molecule has 0 saturated heterocycles. The Morgan fingerprint density at radius 1 is 0.842 bits per heavy atom. The van der Waals surface area contributed by atoms with E-state index in [1.807, 2.05) is 6.20 Å². The zero-order valence-corrected chi connectivity index (χ0v) is 13.4. The fraction of sp³-hybridized carbons (Fsp3) is 0.118. The molecule has 97 valence electrons. The quantitative estimate of drug-likeness (QED) is 0.559. The zero-order valence-electron chi connectivity index (χ0n) is 11.0. The van der Waals surface area contributed by atoms with Gasteiger partial charge in [0.2, 0.25) is 0 Å². The van der Waals surface area contributed by atoms with Gasteiger partial charge in [-0.1, -0.05) is 41.5 Å². The van der Waals surface area contributed by atoms with Gasteiger partial charge in [0.15, 0.2) is 0 Å². The third-order valence-electron chi connectivity index (χ3n) is 3.17. The van der Waals surface area contributed by atoms with Crippen LogP contribution in [0.2, 0.25) is 0 Å². The molecule has 1 nitrogen and oxygen atoms in total. The van der Waals surface area contributed by atoms with Gasteiger partial charge in [-0.05, 0) is 37.4 Å². The number of fused-ring (bicyclic) bond motifs is 1. The molecule has 1 heterocycles. The summed E-state index contributed by atoms with van der Waals surface area (Å²) in [4.78, 5) is 4.56. The summed E-state index contributed by atoms with van der Waals surface area (Å²) in [5.41, 5.74) is 4.82. The number of aryl methyl sites for hydroxylation is 2. The normalized spacial score (nSPS) is 10.2. The summed E-state index contributed by atoms with van der Waals surface area (Å²) >= 11 is 0. The molecular formula is C17H15IrN. The molecule has 3 aromatic rings. The minimum absolute atomic E-state index is 0. The van der Waals surface area contributed by atoms with Gasteiger partial charge in [-0.3, -0.25) is 4.98 Å². The van der Waals surface area contributed by atoms with Crippen LogP contribution in [0.5, 0.6) is 0 Å². The predicted molar refractivity (Wildman–Crippen MR) is 76.7 cm³/mol. The van der Waals surface area contributed by atoms with E-state index < -0.39 is 0 Å². The smallest absolute Gasteiger partial charge is 0.0780 e. The van der Waals surface area contributed by atoms with Crippen molar-refractivity contribution in [1.82, 2.24) is 4.98 Å². The van der Waals surface area contributed by atoms with E-state index in [2.05, 4.69) is 67.4 Å². The fourth-order valence-corrected chi connectivity index (χ4v) is 2.46. The Hall–Kier alpha value is -1.50. The first kappa shape index (κ1) is 13.9. The number of aromatic nitrogens is 1. The molecule has 2 aromatic carbocycles. The van der Waals surface area contributed by atoms with Gasteiger partial charge in [0.05, 0.1) is 5.69 Å². The van der Waals surface area contributed by atoms with Gasteiger partial charge in [0.25, 0.3) is 0 Å². The third kappa shape index (κ3) is 2.75. The van der Waals surface area contributed by atoms with Crippen LogP contribution in [0.1, 0.15) is 11.1 Å². The van der Waals surface area contributed by atoms with Gasteiger partial charge in [-0.15, -0.1) is 0 Å². The van der Waals surface area contributed by atoms with Gasteiger partial charge in [-0.25, -0.2) is 0 Å². The van der Waals surface area contributed by atoms with E-state index in [4.69, 9.17) is 0 Å². The minimum Gasteiger partial charge on any atom is -0.256 e. The predicted octanol–water partition coefficient (Wildman–Crippen LogP) is 4.52. The summed E-state index contributed by atoms with van der Waals surface area (Å²) in [5.74, 6) is 0. The topological polar surface area (TPSA) is 12.9 Å². The van der Waals surface area contributed by atoms with Crippen LogP contribution < -0.4 is 0 Å².